The number of halogens is 2. The Hall–Kier alpha value is -3.38. The molecule has 10 nitrogen and oxygen atoms in total. The van der Waals surface area contributed by atoms with Crippen molar-refractivity contribution in [3.63, 3.8) is 0 Å². The molecule has 0 aromatic carbocycles. The highest BCUT2D eigenvalue weighted by molar-refractivity contribution is 9.10. The largest absolute Gasteiger partial charge is 0.479 e. The molecule has 0 saturated heterocycles. The molecule has 1 fully saturated rings. The number of nitrogen functional groups attached to an aromatic ring is 1. The number of hydrogen-bond donors (Lipinski definition) is 3. The van der Waals surface area contributed by atoms with Crippen LogP contribution in [0.1, 0.15) is 42.9 Å². The third-order valence-corrected chi connectivity index (χ3v) is 7.89. The number of carboxylic acid groups (broad SMARTS) is 1. The highest BCUT2D eigenvalue weighted by Crippen LogP contribution is 2.42. The van der Waals surface area contributed by atoms with E-state index in [1.54, 1.807) is 27.8 Å². The van der Waals surface area contributed by atoms with Crippen LogP contribution in [0.25, 0.3) is 28.0 Å². The van der Waals surface area contributed by atoms with Crippen LogP contribution in [0.4, 0.5) is 10.2 Å². The van der Waals surface area contributed by atoms with Gasteiger partial charge in [0.1, 0.15) is 5.82 Å². The number of carboxylic acids is 1. The van der Waals surface area contributed by atoms with Gasteiger partial charge in [-0.2, -0.15) is 14.7 Å². The van der Waals surface area contributed by atoms with E-state index in [4.69, 9.17) is 20.9 Å². The van der Waals surface area contributed by atoms with Gasteiger partial charge >= 0.3 is 5.97 Å². The lowest BCUT2D eigenvalue weighted by atomic mass is 9.78. The van der Waals surface area contributed by atoms with Crippen molar-refractivity contribution >= 4 is 33.4 Å². The van der Waals surface area contributed by atoms with Gasteiger partial charge in [0.25, 0.3) is 0 Å². The van der Waals surface area contributed by atoms with E-state index in [0.717, 1.165) is 33.6 Å². The maximum absolute atomic E-state index is 14.0. The summed E-state index contributed by atoms with van der Waals surface area (Å²) in [7, 11) is 0. The second kappa shape index (κ2) is 10.2. The molecule has 12 heteroatoms. The first-order valence-electron chi connectivity index (χ1n) is 12.1. The van der Waals surface area contributed by atoms with Crippen molar-refractivity contribution in [2.75, 3.05) is 12.3 Å². The highest BCUT2D eigenvalue weighted by atomic mass is 79.9. The Morgan fingerprint density at radius 1 is 1.22 bits per heavy atom. The van der Waals surface area contributed by atoms with Crippen LogP contribution >= 0.6 is 15.9 Å². The Bertz CT molecular complexity index is 1460. The Morgan fingerprint density at radius 3 is 2.65 bits per heavy atom. The van der Waals surface area contributed by atoms with Crippen molar-refractivity contribution in [2.24, 2.45) is 5.92 Å². The van der Waals surface area contributed by atoms with Gasteiger partial charge in [0.15, 0.2) is 11.8 Å². The van der Waals surface area contributed by atoms with Gasteiger partial charge in [0.2, 0.25) is 0 Å². The molecule has 4 aromatic heterocycles. The molecule has 4 heterocycles. The van der Waals surface area contributed by atoms with Gasteiger partial charge in [-0.15, -0.1) is 0 Å². The first kappa shape index (κ1) is 25.3. The number of anilines is 1. The fourth-order valence-corrected chi connectivity index (χ4v) is 5.69. The van der Waals surface area contributed by atoms with Crippen molar-refractivity contribution in [3.8, 4) is 22.4 Å². The summed E-state index contributed by atoms with van der Waals surface area (Å²) in [5.41, 5.74) is 12.0. The van der Waals surface area contributed by atoms with Crippen LogP contribution in [-0.4, -0.2) is 58.3 Å². The third-order valence-electron chi connectivity index (χ3n) is 7.08. The van der Waals surface area contributed by atoms with Crippen molar-refractivity contribution < 1.29 is 19.4 Å². The van der Waals surface area contributed by atoms with E-state index < -0.39 is 18.1 Å². The molecule has 194 valence electrons. The molecule has 0 spiro atoms. The lowest BCUT2D eigenvalue weighted by Gasteiger charge is -2.29. The Morgan fingerprint density at radius 2 is 1.97 bits per heavy atom. The number of aliphatic hydroxyl groups excluding tert-OH is 1. The normalized spacial score (nSPS) is 18.8. The summed E-state index contributed by atoms with van der Waals surface area (Å²) in [5, 5.41) is 26.9. The average molecular weight is 572 g/mol. The lowest BCUT2D eigenvalue weighted by molar-refractivity contribution is -0.145. The molecule has 4 N–H and O–H groups in total. The summed E-state index contributed by atoms with van der Waals surface area (Å²) < 4.78 is 17.9. The molecule has 1 atom stereocenters. The van der Waals surface area contributed by atoms with Gasteiger partial charge in [0, 0.05) is 40.9 Å². The van der Waals surface area contributed by atoms with Gasteiger partial charge in [-0.3, -0.25) is 9.67 Å². The van der Waals surface area contributed by atoms with Crippen molar-refractivity contribution in [2.45, 2.75) is 51.2 Å². The van der Waals surface area contributed by atoms with Crippen LogP contribution < -0.4 is 5.73 Å². The summed E-state index contributed by atoms with van der Waals surface area (Å²) in [5.74, 6) is -1.44. The SMILES string of the molecule is Cc1cc(-c2cnn3c(N)c(Br)c([C@H]4CC[C@@H](C(F)C(=O)O)CC4)nc23)cnc1-c1cnn(CCO)c1. The predicted molar refractivity (Wildman–Crippen MR) is 139 cm³/mol. The zero-order chi connectivity index (χ0) is 26.3. The average Bonchev–Trinajstić information content (AvgIpc) is 3.53. The molecular formula is C25H27BrFN7O3. The quantitative estimate of drug-likeness (QED) is 0.302. The second-order valence-corrected chi connectivity index (χ2v) is 10.2. The molecule has 1 aliphatic rings. The van der Waals surface area contributed by atoms with E-state index in [1.807, 2.05) is 19.2 Å². The minimum Gasteiger partial charge on any atom is -0.479 e. The molecule has 0 bridgehead atoms. The van der Waals surface area contributed by atoms with Gasteiger partial charge in [-0.25, -0.2) is 14.2 Å². The number of pyridine rings is 1. The van der Waals surface area contributed by atoms with Gasteiger partial charge in [-0.05, 0) is 60.2 Å². The second-order valence-electron chi connectivity index (χ2n) is 9.45. The van der Waals surface area contributed by atoms with Gasteiger partial charge < -0.3 is 15.9 Å². The Balaban J connectivity index is 1.46. The molecular weight excluding hydrogens is 545 g/mol. The minimum atomic E-state index is -1.84. The number of carbonyl (C=O) groups is 1. The summed E-state index contributed by atoms with van der Waals surface area (Å²) >= 11 is 3.58. The maximum Gasteiger partial charge on any atom is 0.338 e. The Kier molecular flexibility index (Phi) is 6.95. The number of aliphatic hydroxyl groups is 1. The number of aromatic nitrogens is 6. The molecule has 0 radical (unpaired) electrons. The molecule has 5 rings (SSSR count). The number of aliphatic carboxylic acids is 1. The first-order chi connectivity index (χ1) is 17.8. The van der Waals surface area contributed by atoms with Gasteiger partial charge in [-0.1, -0.05) is 0 Å². The molecule has 1 aliphatic carbocycles. The molecule has 1 saturated carbocycles. The number of alkyl halides is 1. The van der Waals surface area contributed by atoms with E-state index in [2.05, 4.69) is 31.1 Å². The number of rotatable bonds is 7. The summed E-state index contributed by atoms with van der Waals surface area (Å²) in [6, 6.07) is 2.01. The fraction of sp³-hybridized carbons (Fsp3) is 0.400. The highest BCUT2D eigenvalue weighted by Gasteiger charge is 2.34. The molecule has 0 amide bonds. The Labute approximate surface area is 220 Å². The van der Waals surface area contributed by atoms with E-state index in [0.29, 0.717) is 48.2 Å². The zero-order valence-electron chi connectivity index (χ0n) is 20.2. The van der Waals surface area contributed by atoms with Crippen LogP contribution in [0, 0.1) is 12.8 Å². The molecule has 4 aromatic rings. The van der Waals surface area contributed by atoms with Crippen LogP contribution in [-0.2, 0) is 11.3 Å². The van der Waals surface area contributed by atoms with Crippen molar-refractivity contribution in [1.82, 2.24) is 29.4 Å². The van der Waals surface area contributed by atoms with E-state index in [9.17, 15) is 9.18 Å². The smallest absolute Gasteiger partial charge is 0.338 e. The maximum atomic E-state index is 14.0. The summed E-state index contributed by atoms with van der Waals surface area (Å²) in [4.78, 5) is 20.7. The predicted octanol–water partition coefficient (Wildman–Crippen LogP) is 4.00. The van der Waals surface area contributed by atoms with Crippen LogP contribution in [0.5, 0.6) is 0 Å². The topological polar surface area (TPSA) is 144 Å². The standard InChI is InChI=1S/C25H27BrFN7O3/c1-13-8-16(9-29-21(13)17-10-30-33(12-17)6-7-35)18-11-31-34-23(28)19(26)22(32-24(18)34)15-4-2-14(3-5-15)20(27)25(36)37/h8-12,14-15,20,35H,2-7,28H2,1H3,(H,36,37)/t14-,15+,20?. The number of aryl methyl sites for hydroxylation is 1. The summed E-state index contributed by atoms with van der Waals surface area (Å²) in [6.45, 7) is 2.40. The third kappa shape index (κ3) is 4.71. The van der Waals surface area contributed by atoms with E-state index in [1.165, 1.54) is 0 Å². The van der Waals surface area contributed by atoms with Crippen LogP contribution in [0.15, 0.2) is 35.3 Å². The number of nitrogens with zero attached hydrogens (tertiary/aromatic N) is 6. The van der Waals surface area contributed by atoms with E-state index in [-0.39, 0.29) is 12.5 Å². The number of fused-ring (bicyclic) bond motifs is 1. The molecule has 0 aliphatic heterocycles. The van der Waals surface area contributed by atoms with Crippen LogP contribution in [0.3, 0.4) is 0 Å². The minimum absolute atomic E-state index is 0.00950. The fourth-order valence-electron chi connectivity index (χ4n) is 5.11. The molecule has 1 unspecified atom stereocenters. The summed E-state index contributed by atoms with van der Waals surface area (Å²) in [6.07, 6.45) is 7.42. The lowest BCUT2D eigenvalue weighted by Crippen LogP contribution is -2.28. The monoisotopic (exact) mass is 571 g/mol. The van der Waals surface area contributed by atoms with Gasteiger partial charge in [0.05, 0.1) is 41.4 Å². The van der Waals surface area contributed by atoms with Crippen LogP contribution in [0.2, 0.25) is 0 Å². The molecule has 37 heavy (non-hydrogen) atoms. The van der Waals surface area contributed by atoms with E-state index >= 15 is 0 Å². The van der Waals surface area contributed by atoms with Crippen molar-refractivity contribution in [1.29, 1.82) is 0 Å². The number of hydrogen-bond acceptors (Lipinski definition) is 7. The number of nitrogens with two attached hydrogens (primary N) is 1. The first-order valence-corrected chi connectivity index (χ1v) is 12.9. The zero-order valence-corrected chi connectivity index (χ0v) is 21.8. The van der Waals surface area contributed by atoms with Crippen molar-refractivity contribution in [3.05, 3.63) is 46.6 Å².